The van der Waals surface area contributed by atoms with Gasteiger partial charge in [0.2, 0.25) is 0 Å². The predicted molar refractivity (Wildman–Crippen MR) is 228 cm³/mol. The molecule has 12 heteroatoms. The summed E-state index contributed by atoms with van der Waals surface area (Å²) in [6.45, 7) is 4.52. The van der Waals surface area contributed by atoms with E-state index in [9.17, 15) is 0 Å². The number of benzene rings is 2. The summed E-state index contributed by atoms with van der Waals surface area (Å²) < 4.78 is 49.3. The number of rotatable bonds is 21. The Labute approximate surface area is 339 Å². The fourth-order valence-corrected chi connectivity index (χ4v) is 11.7. The highest BCUT2D eigenvalue weighted by atomic mass is 79.9. The molecular weight excluding hydrogens is 863 g/mol. The summed E-state index contributed by atoms with van der Waals surface area (Å²) in [6.07, 6.45) is 22.0. The van der Waals surface area contributed by atoms with E-state index in [1.807, 2.05) is 0 Å². The first-order valence-electron chi connectivity index (χ1n) is 18.9. The smallest absolute Gasteiger partial charge is 0.140 e. The van der Waals surface area contributed by atoms with E-state index in [0.29, 0.717) is 20.0 Å². The number of aryl methyl sites for hydroxylation is 2. The van der Waals surface area contributed by atoms with Gasteiger partial charge in [0.25, 0.3) is 0 Å². The van der Waals surface area contributed by atoms with E-state index in [1.165, 1.54) is 111 Å². The van der Waals surface area contributed by atoms with Gasteiger partial charge in [-0.1, -0.05) is 104 Å². The number of unbranched alkanes of at least 4 members (excludes halogenated alkanes) is 14. The van der Waals surface area contributed by atoms with Crippen LogP contribution in [0.3, 0.4) is 0 Å². The third-order valence-electron chi connectivity index (χ3n) is 9.82. The van der Waals surface area contributed by atoms with Crippen LogP contribution in [0.1, 0.15) is 128 Å². The number of nitrogens with zero attached hydrogens (tertiary/aromatic N) is 4. The zero-order valence-electron chi connectivity index (χ0n) is 30.0. The van der Waals surface area contributed by atoms with Crippen molar-refractivity contribution in [2.75, 3.05) is 0 Å². The molecule has 52 heavy (non-hydrogen) atoms. The van der Waals surface area contributed by atoms with Crippen molar-refractivity contribution in [2.45, 2.75) is 129 Å². The summed E-state index contributed by atoms with van der Waals surface area (Å²) in [5, 5.41) is 0. The Hall–Kier alpha value is -1.70. The SMILES string of the molecule is CCCCCCCCCCc1cc(-c2cc(F)c(Br)c3nsnc23)sc1-c1sc(-c2cc(F)c(Br)c3nsnc23)cc1CCCCCCCCCC. The van der Waals surface area contributed by atoms with Gasteiger partial charge in [0.1, 0.15) is 33.7 Å². The van der Waals surface area contributed by atoms with Gasteiger partial charge in [-0.05, 0) is 92.9 Å². The quantitative estimate of drug-likeness (QED) is 0.0675. The monoisotopic (exact) mass is 906 g/mol. The second kappa shape index (κ2) is 19.8. The Kier molecular flexibility index (Phi) is 15.2. The van der Waals surface area contributed by atoms with E-state index < -0.39 is 0 Å². The van der Waals surface area contributed by atoms with Crippen molar-refractivity contribution in [2.24, 2.45) is 0 Å². The van der Waals surface area contributed by atoms with Gasteiger partial charge < -0.3 is 0 Å². The lowest BCUT2D eigenvalue weighted by Gasteiger charge is -2.07. The van der Waals surface area contributed by atoms with Gasteiger partial charge in [0.05, 0.1) is 32.4 Å². The standard InChI is InChI=1S/C40H46Br2F2N4S4/c1-3-5-7-9-11-13-15-17-19-25-21-31(27-23-29(43)33(41)37-35(27)45-51-47-37)49-39(25)40-26(20-18-16-14-12-10-8-6-4-2)22-32(50-40)28-24-30(44)34(42)38-36(28)46-52-48-38/h21-24H,3-20H2,1-2H3. The topological polar surface area (TPSA) is 51.6 Å². The van der Waals surface area contributed by atoms with Crippen LogP contribution in [0.5, 0.6) is 0 Å². The van der Waals surface area contributed by atoms with Crippen molar-refractivity contribution >= 4 is 100 Å². The van der Waals surface area contributed by atoms with Crippen molar-refractivity contribution in [3.05, 3.63) is 56.0 Å². The third-order valence-corrected chi connectivity index (χ3v) is 15.0. The highest BCUT2D eigenvalue weighted by molar-refractivity contribution is 9.11. The number of halogens is 4. The molecule has 0 aliphatic heterocycles. The number of hydrogen-bond acceptors (Lipinski definition) is 8. The van der Waals surface area contributed by atoms with Crippen molar-refractivity contribution in [3.8, 4) is 30.6 Å². The molecule has 0 atom stereocenters. The van der Waals surface area contributed by atoms with Crippen LogP contribution in [0, 0.1) is 11.6 Å². The average Bonchev–Trinajstić information content (AvgIpc) is 3.97. The Morgan fingerprint density at radius 3 is 1.21 bits per heavy atom. The molecule has 0 saturated heterocycles. The Morgan fingerprint density at radius 1 is 0.481 bits per heavy atom. The van der Waals surface area contributed by atoms with Gasteiger partial charge in [-0.3, -0.25) is 0 Å². The molecule has 0 unspecified atom stereocenters. The van der Waals surface area contributed by atoms with Crippen molar-refractivity contribution in [3.63, 3.8) is 0 Å². The molecule has 0 amide bonds. The van der Waals surface area contributed by atoms with E-state index >= 15 is 8.78 Å². The van der Waals surface area contributed by atoms with Gasteiger partial charge in [0, 0.05) is 30.6 Å². The van der Waals surface area contributed by atoms with Crippen LogP contribution in [0.15, 0.2) is 33.2 Å². The predicted octanol–water partition coefficient (Wildman–Crippen LogP) is 16.0. The minimum atomic E-state index is -0.332. The van der Waals surface area contributed by atoms with Gasteiger partial charge in [-0.2, -0.15) is 17.5 Å². The Balaban J connectivity index is 1.36. The molecule has 0 aliphatic rings. The van der Waals surface area contributed by atoms with Crippen LogP contribution in [0.25, 0.3) is 52.7 Å². The molecule has 4 aromatic heterocycles. The molecule has 0 aliphatic carbocycles. The van der Waals surface area contributed by atoms with Crippen molar-refractivity contribution < 1.29 is 8.78 Å². The maximum Gasteiger partial charge on any atom is 0.140 e. The Bertz CT molecular complexity index is 1920. The second-order valence-corrected chi connectivity index (χ2v) is 18.5. The highest BCUT2D eigenvalue weighted by Crippen LogP contribution is 2.49. The maximum atomic E-state index is 15.3. The first-order chi connectivity index (χ1) is 25.4. The number of aromatic nitrogens is 4. The molecule has 6 rings (SSSR count). The molecule has 2 aromatic carbocycles. The minimum Gasteiger partial charge on any atom is -0.206 e. The van der Waals surface area contributed by atoms with Gasteiger partial charge in [-0.15, -0.1) is 22.7 Å². The molecule has 0 bridgehead atoms. The van der Waals surface area contributed by atoms with E-state index in [0.717, 1.165) is 81.1 Å². The average molecular weight is 909 g/mol. The molecule has 4 heterocycles. The van der Waals surface area contributed by atoms with Crippen LogP contribution in [-0.2, 0) is 12.8 Å². The number of thiophene rings is 2. The van der Waals surface area contributed by atoms with Crippen molar-refractivity contribution in [1.29, 1.82) is 0 Å². The summed E-state index contributed by atoms with van der Waals surface area (Å²) in [4.78, 5) is 4.46. The molecule has 0 saturated carbocycles. The first kappa shape index (κ1) is 40.0. The van der Waals surface area contributed by atoms with E-state index in [4.69, 9.17) is 0 Å². The zero-order valence-corrected chi connectivity index (χ0v) is 36.4. The van der Waals surface area contributed by atoms with Gasteiger partial charge in [0.15, 0.2) is 0 Å². The normalized spacial score (nSPS) is 11.9. The molecule has 0 spiro atoms. The second-order valence-electron chi connectivity index (χ2n) is 13.7. The molecule has 0 radical (unpaired) electrons. The van der Waals surface area contributed by atoms with Crippen molar-refractivity contribution in [1.82, 2.24) is 17.5 Å². The molecule has 6 aromatic rings. The summed E-state index contributed by atoms with van der Waals surface area (Å²) >= 11 is 12.5. The van der Waals surface area contributed by atoms with Crippen LogP contribution >= 0.6 is 78.0 Å². The van der Waals surface area contributed by atoms with Crippen LogP contribution in [-0.4, -0.2) is 17.5 Å². The lowest BCUT2D eigenvalue weighted by atomic mass is 10.00. The highest BCUT2D eigenvalue weighted by Gasteiger charge is 2.24. The van der Waals surface area contributed by atoms with Crippen LogP contribution in [0.4, 0.5) is 8.78 Å². The molecular formula is C40H46Br2F2N4S4. The zero-order chi connectivity index (χ0) is 36.5. The van der Waals surface area contributed by atoms with Crippen LogP contribution < -0.4 is 0 Å². The number of fused-ring (bicyclic) bond motifs is 2. The van der Waals surface area contributed by atoms with Gasteiger partial charge >= 0.3 is 0 Å². The number of hydrogen-bond donors (Lipinski definition) is 0. The first-order valence-corrected chi connectivity index (χ1v) is 23.6. The van der Waals surface area contributed by atoms with E-state index in [-0.39, 0.29) is 11.6 Å². The minimum absolute atomic E-state index is 0.332. The maximum absolute atomic E-state index is 15.3. The molecule has 0 N–H and O–H groups in total. The molecule has 0 fully saturated rings. The molecule has 4 nitrogen and oxygen atoms in total. The lowest BCUT2D eigenvalue weighted by molar-refractivity contribution is 0.575. The lowest BCUT2D eigenvalue weighted by Crippen LogP contribution is -1.90. The fraction of sp³-hybridized carbons (Fsp3) is 0.500. The third kappa shape index (κ3) is 9.56. The van der Waals surface area contributed by atoms with E-state index in [2.05, 4.69) is 75.3 Å². The van der Waals surface area contributed by atoms with Crippen LogP contribution in [0.2, 0.25) is 0 Å². The fourth-order valence-electron chi connectivity index (χ4n) is 6.91. The summed E-state index contributed by atoms with van der Waals surface area (Å²) in [5.74, 6) is -0.663. The summed E-state index contributed by atoms with van der Waals surface area (Å²) in [6, 6.07) is 7.73. The van der Waals surface area contributed by atoms with E-state index in [1.54, 1.807) is 34.8 Å². The van der Waals surface area contributed by atoms with Gasteiger partial charge in [-0.25, -0.2) is 8.78 Å². The molecule has 278 valence electrons. The Morgan fingerprint density at radius 2 is 0.827 bits per heavy atom. The largest absolute Gasteiger partial charge is 0.206 e. The summed E-state index contributed by atoms with van der Waals surface area (Å²) in [5.41, 5.74) is 6.71. The summed E-state index contributed by atoms with van der Waals surface area (Å²) in [7, 11) is 0.